The van der Waals surface area contributed by atoms with Crippen LogP contribution in [0.25, 0.3) is 11.0 Å². The molecule has 1 fully saturated rings. The van der Waals surface area contributed by atoms with E-state index in [4.69, 9.17) is 11.6 Å². The molecule has 1 N–H and O–H groups in total. The van der Waals surface area contributed by atoms with Crippen molar-refractivity contribution in [1.82, 2.24) is 9.97 Å². The van der Waals surface area contributed by atoms with Crippen molar-refractivity contribution in [1.29, 1.82) is 0 Å². The van der Waals surface area contributed by atoms with Crippen LogP contribution >= 0.6 is 11.6 Å². The van der Waals surface area contributed by atoms with Crippen LogP contribution in [0.3, 0.4) is 0 Å². The lowest BCUT2D eigenvalue weighted by Gasteiger charge is -2.19. The minimum absolute atomic E-state index is 0.161. The van der Waals surface area contributed by atoms with Gasteiger partial charge in [0.05, 0.1) is 5.02 Å². The minimum Gasteiger partial charge on any atom is -0.345 e. The van der Waals surface area contributed by atoms with E-state index in [1.807, 2.05) is 0 Å². The minimum atomic E-state index is 0.161. The first-order chi connectivity index (χ1) is 8.77. The van der Waals surface area contributed by atoms with E-state index in [1.165, 1.54) is 6.42 Å². The van der Waals surface area contributed by atoms with Crippen molar-refractivity contribution in [2.24, 2.45) is 5.92 Å². The molecule has 1 aliphatic carbocycles. The number of carbonyl (C=O) groups excluding carboxylic acids is 1. The van der Waals surface area contributed by atoms with E-state index in [9.17, 15) is 4.79 Å². The van der Waals surface area contributed by atoms with Crippen molar-refractivity contribution in [2.75, 3.05) is 0 Å². The molecule has 4 heteroatoms. The number of ketones is 1. The van der Waals surface area contributed by atoms with Gasteiger partial charge in [-0.1, -0.05) is 30.9 Å². The molecule has 0 radical (unpaired) electrons. The van der Waals surface area contributed by atoms with Gasteiger partial charge in [0.15, 0.2) is 5.78 Å². The number of nitrogens with zero attached hydrogens (tertiary/aromatic N) is 1. The number of carbonyl (C=O) groups is 1. The van der Waals surface area contributed by atoms with Crippen molar-refractivity contribution < 1.29 is 4.79 Å². The molecule has 1 saturated carbocycles. The van der Waals surface area contributed by atoms with E-state index in [0.717, 1.165) is 31.1 Å². The lowest BCUT2D eigenvalue weighted by molar-refractivity contribution is 0.0891. The van der Waals surface area contributed by atoms with Crippen molar-refractivity contribution in [2.45, 2.75) is 32.1 Å². The largest absolute Gasteiger partial charge is 0.345 e. The highest BCUT2D eigenvalue weighted by atomic mass is 35.5. The molecule has 0 unspecified atom stereocenters. The van der Waals surface area contributed by atoms with Gasteiger partial charge in [0.2, 0.25) is 0 Å². The molecule has 0 bridgehead atoms. The van der Waals surface area contributed by atoms with Crippen molar-refractivity contribution in [3.8, 4) is 0 Å². The molecule has 2 aromatic rings. The molecule has 2 aromatic heterocycles. The Labute approximate surface area is 111 Å². The van der Waals surface area contributed by atoms with Gasteiger partial charge in [-0.2, -0.15) is 0 Å². The number of aromatic amines is 1. The third-order valence-corrected chi connectivity index (χ3v) is 4.08. The fourth-order valence-electron chi connectivity index (χ4n) is 2.80. The molecule has 3 nitrogen and oxygen atoms in total. The summed E-state index contributed by atoms with van der Waals surface area (Å²) in [6.07, 6.45) is 8.97. The van der Waals surface area contributed by atoms with Crippen LogP contribution in [0.15, 0.2) is 18.5 Å². The lowest BCUT2D eigenvalue weighted by Crippen LogP contribution is -2.17. The number of halogens is 1. The monoisotopic (exact) mass is 262 g/mol. The summed E-state index contributed by atoms with van der Waals surface area (Å²) in [5.74, 6) is 0.380. The molecular weight excluding hydrogens is 248 g/mol. The van der Waals surface area contributed by atoms with Crippen LogP contribution in [0.2, 0.25) is 5.02 Å². The van der Waals surface area contributed by atoms with Crippen LogP contribution in [-0.4, -0.2) is 15.8 Å². The van der Waals surface area contributed by atoms with E-state index in [-0.39, 0.29) is 11.7 Å². The van der Waals surface area contributed by atoms with Crippen LogP contribution in [0, 0.1) is 5.92 Å². The van der Waals surface area contributed by atoms with E-state index < -0.39 is 0 Å². The van der Waals surface area contributed by atoms with Gasteiger partial charge in [-0.25, -0.2) is 4.98 Å². The highest BCUT2D eigenvalue weighted by molar-refractivity contribution is 6.36. The maximum absolute atomic E-state index is 12.5. The van der Waals surface area contributed by atoms with Crippen LogP contribution in [0.4, 0.5) is 0 Å². The number of Topliss-reactive ketones (excluding diaryl/α,β-unsaturated/α-hetero) is 1. The predicted octanol–water partition coefficient (Wildman–Crippen LogP) is 3.98. The number of H-pyrrole nitrogens is 1. The van der Waals surface area contributed by atoms with Crippen LogP contribution in [-0.2, 0) is 0 Å². The molecule has 0 aliphatic heterocycles. The van der Waals surface area contributed by atoms with E-state index >= 15 is 0 Å². The number of hydrogen-bond acceptors (Lipinski definition) is 2. The zero-order chi connectivity index (χ0) is 12.5. The second kappa shape index (κ2) is 4.73. The summed E-state index contributed by atoms with van der Waals surface area (Å²) in [6.45, 7) is 0. The molecule has 0 saturated heterocycles. The normalized spacial score (nSPS) is 17.2. The fourth-order valence-corrected chi connectivity index (χ4v) is 3.04. The molecular formula is C14H15ClN2O. The summed E-state index contributed by atoms with van der Waals surface area (Å²) >= 11 is 6.17. The maximum Gasteiger partial charge on any atom is 0.168 e. The lowest BCUT2D eigenvalue weighted by atomic mass is 9.84. The Balaban J connectivity index is 2.01. The number of pyridine rings is 1. The molecule has 2 heterocycles. The summed E-state index contributed by atoms with van der Waals surface area (Å²) in [5, 5.41) is 1.37. The number of hydrogen-bond donors (Lipinski definition) is 1. The first-order valence-electron chi connectivity index (χ1n) is 6.43. The maximum atomic E-state index is 12.5. The average Bonchev–Trinajstić information content (AvgIpc) is 2.84. The third kappa shape index (κ3) is 1.93. The van der Waals surface area contributed by atoms with Gasteiger partial charge >= 0.3 is 0 Å². The van der Waals surface area contributed by atoms with Gasteiger partial charge in [-0.3, -0.25) is 4.79 Å². The predicted molar refractivity (Wildman–Crippen MR) is 72.0 cm³/mol. The number of fused-ring (bicyclic) bond motifs is 1. The average molecular weight is 263 g/mol. The number of rotatable bonds is 2. The Kier molecular flexibility index (Phi) is 3.08. The zero-order valence-corrected chi connectivity index (χ0v) is 10.8. The Morgan fingerprint density at radius 3 is 2.89 bits per heavy atom. The van der Waals surface area contributed by atoms with Gasteiger partial charge in [-0.15, -0.1) is 0 Å². The van der Waals surface area contributed by atoms with Crippen molar-refractivity contribution >= 4 is 28.4 Å². The molecule has 0 spiro atoms. The van der Waals surface area contributed by atoms with Crippen LogP contribution in [0.5, 0.6) is 0 Å². The molecule has 0 amide bonds. The summed E-state index contributed by atoms with van der Waals surface area (Å²) in [6, 6.07) is 1.73. The van der Waals surface area contributed by atoms with Crippen LogP contribution in [0.1, 0.15) is 42.5 Å². The second-order valence-electron chi connectivity index (χ2n) is 4.92. The summed E-state index contributed by atoms with van der Waals surface area (Å²) in [7, 11) is 0. The van der Waals surface area contributed by atoms with Gasteiger partial charge in [0.1, 0.15) is 5.65 Å². The number of nitrogens with one attached hydrogen (secondary N) is 1. The quantitative estimate of drug-likeness (QED) is 0.832. The van der Waals surface area contributed by atoms with Crippen LogP contribution < -0.4 is 0 Å². The standard InChI is InChI=1S/C14H15ClN2O/c15-11-6-7-16-14-12(11)10(8-17-14)13(18)9-4-2-1-3-5-9/h6-9H,1-5H2,(H,16,17). The third-order valence-electron chi connectivity index (χ3n) is 3.76. The van der Waals surface area contributed by atoms with Gasteiger partial charge in [0.25, 0.3) is 0 Å². The number of aromatic nitrogens is 2. The van der Waals surface area contributed by atoms with Gasteiger partial charge < -0.3 is 4.98 Å². The highest BCUT2D eigenvalue weighted by Gasteiger charge is 2.25. The van der Waals surface area contributed by atoms with E-state index in [0.29, 0.717) is 16.2 Å². The molecule has 0 atom stereocenters. The molecule has 1 aliphatic rings. The van der Waals surface area contributed by atoms with Crippen molar-refractivity contribution in [3.63, 3.8) is 0 Å². The Morgan fingerprint density at radius 2 is 2.11 bits per heavy atom. The second-order valence-corrected chi connectivity index (χ2v) is 5.33. The van der Waals surface area contributed by atoms with Gasteiger partial charge in [0, 0.05) is 29.3 Å². The Morgan fingerprint density at radius 1 is 1.33 bits per heavy atom. The van der Waals surface area contributed by atoms with E-state index in [2.05, 4.69) is 9.97 Å². The highest BCUT2D eigenvalue weighted by Crippen LogP contribution is 2.31. The summed E-state index contributed by atoms with van der Waals surface area (Å²) in [5.41, 5.74) is 1.40. The Hall–Kier alpha value is -1.35. The summed E-state index contributed by atoms with van der Waals surface area (Å²) in [4.78, 5) is 19.8. The van der Waals surface area contributed by atoms with Gasteiger partial charge in [-0.05, 0) is 18.9 Å². The van der Waals surface area contributed by atoms with Crippen molar-refractivity contribution in [3.05, 3.63) is 29.0 Å². The molecule has 3 rings (SSSR count). The molecule has 94 valence electrons. The molecule has 0 aromatic carbocycles. The molecule has 18 heavy (non-hydrogen) atoms. The SMILES string of the molecule is O=C(c1c[nH]c2nccc(Cl)c12)C1CCCCC1. The fraction of sp³-hybridized carbons (Fsp3) is 0.429. The first kappa shape index (κ1) is 11.7. The smallest absolute Gasteiger partial charge is 0.168 e. The topological polar surface area (TPSA) is 45.8 Å². The van der Waals surface area contributed by atoms with E-state index in [1.54, 1.807) is 18.5 Å². The first-order valence-corrected chi connectivity index (χ1v) is 6.81. The summed E-state index contributed by atoms with van der Waals surface area (Å²) < 4.78 is 0. The zero-order valence-electron chi connectivity index (χ0n) is 10.1. The Bertz CT molecular complexity index is 584.